The van der Waals surface area contributed by atoms with Gasteiger partial charge in [-0.3, -0.25) is 0 Å². The number of allylic oxidation sites excluding steroid dienone is 1. The van der Waals surface area contributed by atoms with Gasteiger partial charge in [-0.15, -0.1) is 6.58 Å². The van der Waals surface area contributed by atoms with Crippen LogP contribution in [0.15, 0.2) is 24.3 Å². The SMILES string of the molecule is C=CC/C(=C/C(=O)[O-])C(=O)[O-]. The molecule has 0 fully saturated rings. The summed E-state index contributed by atoms with van der Waals surface area (Å²) in [4.78, 5) is 20.0. The second-order valence-corrected chi connectivity index (χ2v) is 1.77. The molecule has 0 aromatic carbocycles. The van der Waals surface area contributed by atoms with Crippen LogP contribution in [-0.4, -0.2) is 11.9 Å². The summed E-state index contributed by atoms with van der Waals surface area (Å²) in [5.41, 5.74) is -0.347. The van der Waals surface area contributed by atoms with Crippen molar-refractivity contribution in [1.29, 1.82) is 0 Å². The zero-order chi connectivity index (χ0) is 8.85. The van der Waals surface area contributed by atoms with Crippen molar-refractivity contribution in [2.24, 2.45) is 0 Å². The third-order valence-corrected chi connectivity index (χ3v) is 0.919. The molecule has 0 aliphatic carbocycles. The van der Waals surface area contributed by atoms with E-state index in [1.807, 2.05) is 0 Å². The molecule has 0 aromatic rings. The lowest BCUT2D eigenvalue weighted by Gasteiger charge is -2.05. The van der Waals surface area contributed by atoms with Gasteiger partial charge in [0.1, 0.15) is 0 Å². The van der Waals surface area contributed by atoms with Gasteiger partial charge in [0.2, 0.25) is 0 Å². The van der Waals surface area contributed by atoms with E-state index in [4.69, 9.17) is 0 Å². The lowest BCUT2D eigenvalue weighted by molar-refractivity contribution is -0.303. The van der Waals surface area contributed by atoms with Crippen LogP contribution in [-0.2, 0) is 9.59 Å². The molecule has 0 amide bonds. The average molecular weight is 154 g/mol. The number of rotatable bonds is 4. The lowest BCUT2D eigenvalue weighted by Crippen LogP contribution is -2.27. The summed E-state index contributed by atoms with van der Waals surface area (Å²) in [5, 5.41) is 20.0. The Balaban J connectivity index is 4.44. The van der Waals surface area contributed by atoms with Gasteiger partial charge in [-0.2, -0.15) is 0 Å². The van der Waals surface area contributed by atoms with Gasteiger partial charge >= 0.3 is 0 Å². The molecule has 11 heavy (non-hydrogen) atoms. The molecular weight excluding hydrogens is 148 g/mol. The number of carbonyl (C=O) groups is 2. The van der Waals surface area contributed by atoms with E-state index >= 15 is 0 Å². The summed E-state index contributed by atoms with van der Waals surface area (Å²) in [6.07, 6.45) is 1.71. The summed E-state index contributed by atoms with van der Waals surface area (Å²) in [7, 11) is 0. The van der Waals surface area contributed by atoms with E-state index in [1.54, 1.807) is 0 Å². The minimum Gasteiger partial charge on any atom is -0.545 e. The average Bonchev–Trinajstić information content (AvgIpc) is 1.86. The van der Waals surface area contributed by atoms with Crippen LogP contribution < -0.4 is 10.2 Å². The molecule has 0 aliphatic heterocycles. The predicted octanol–water partition coefficient (Wildman–Crippen LogP) is -2.01. The quantitative estimate of drug-likeness (QED) is 0.346. The molecule has 4 heteroatoms. The topological polar surface area (TPSA) is 80.3 Å². The van der Waals surface area contributed by atoms with Gasteiger partial charge in [-0.05, 0) is 18.1 Å². The molecule has 0 spiro atoms. The maximum Gasteiger partial charge on any atom is 0.0678 e. The van der Waals surface area contributed by atoms with E-state index in [0.717, 1.165) is 0 Å². The molecule has 60 valence electrons. The number of carboxylic acids is 2. The third-order valence-electron chi connectivity index (χ3n) is 0.919. The zero-order valence-corrected chi connectivity index (χ0v) is 5.70. The molecule has 0 aromatic heterocycles. The van der Waals surface area contributed by atoms with Crippen LogP contribution >= 0.6 is 0 Å². The Morgan fingerprint density at radius 1 is 1.36 bits per heavy atom. The maximum absolute atomic E-state index is 10.1. The first-order valence-electron chi connectivity index (χ1n) is 2.81. The van der Waals surface area contributed by atoms with Gasteiger partial charge in [-0.1, -0.05) is 6.08 Å². The van der Waals surface area contributed by atoms with Crippen molar-refractivity contribution in [1.82, 2.24) is 0 Å². The second-order valence-electron chi connectivity index (χ2n) is 1.77. The molecule has 0 unspecified atom stereocenters. The molecule has 0 aliphatic rings. The Morgan fingerprint density at radius 3 is 2.18 bits per heavy atom. The molecular formula is C7H6O4-2. The Kier molecular flexibility index (Phi) is 3.66. The van der Waals surface area contributed by atoms with Gasteiger partial charge in [0.25, 0.3) is 0 Å². The van der Waals surface area contributed by atoms with Gasteiger partial charge < -0.3 is 19.8 Å². The summed E-state index contributed by atoms with van der Waals surface area (Å²) in [6.45, 7) is 3.24. The summed E-state index contributed by atoms with van der Waals surface area (Å²) < 4.78 is 0. The highest BCUT2D eigenvalue weighted by Gasteiger charge is 1.94. The fourth-order valence-electron chi connectivity index (χ4n) is 0.499. The minimum atomic E-state index is -1.55. The monoisotopic (exact) mass is 154 g/mol. The number of aliphatic carboxylic acids is 2. The normalized spacial score (nSPS) is 10.7. The van der Waals surface area contributed by atoms with Crippen LogP contribution in [0.1, 0.15) is 6.42 Å². The summed E-state index contributed by atoms with van der Waals surface area (Å²) in [6, 6.07) is 0. The number of carbonyl (C=O) groups excluding carboxylic acids is 2. The Hall–Kier alpha value is -1.58. The number of hydrogen-bond donors (Lipinski definition) is 0. The smallest absolute Gasteiger partial charge is 0.0678 e. The van der Waals surface area contributed by atoms with Gasteiger partial charge in [0, 0.05) is 0 Å². The second kappa shape index (κ2) is 4.27. The molecule has 0 bridgehead atoms. The first-order chi connectivity index (χ1) is 5.07. The Morgan fingerprint density at radius 2 is 1.91 bits per heavy atom. The molecule has 0 heterocycles. The van der Waals surface area contributed by atoms with Crippen LogP contribution in [0.4, 0.5) is 0 Å². The van der Waals surface area contributed by atoms with Crippen LogP contribution in [0.2, 0.25) is 0 Å². The largest absolute Gasteiger partial charge is 0.545 e. The fourth-order valence-corrected chi connectivity index (χ4v) is 0.499. The zero-order valence-electron chi connectivity index (χ0n) is 5.70. The first kappa shape index (κ1) is 9.42. The van der Waals surface area contributed by atoms with Gasteiger partial charge in [0.15, 0.2) is 0 Å². The molecule has 4 nitrogen and oxygen atoms in total. The Bertz CT molecular complexity index is 214. The molecule has 0 saturated carbocycles. The van der Waals surface area contributed by atoms with E-state index in [0.29, 0.717) is 6.08 Å². The minimum absolute atomic E-state index is 0.0453. The van der Waals surface area contributed by atoms with Crippen LogP contribution in [0, 0.1) is 0 Å². The van der Waals surface area contributed by atoms with Crippen molar-refractivity contribution in [2.75, 3.05) is 0 Å². The highest BCUT2D eigenvalue weighted by atomic mass is 16.4. The fraction of sp³-hybridized carbons (Fsp3) is 0.143. The van der Waals surface area contributed by atoms with Crippen molar-refractivity contribution in [3.63, 3.8) is 0 Å². The molecule has 0 rings (SSSR count). The Labute approximate surface area is 63.5 Å². The molecule has 0 N–H and O–H groups in total. The first-order valence-corrected chi connectivity index (χ1v) is 2.81. The van der Waals surface area contributed by atoms with Gasteiger partial charge in [0.05, 0.1) is 11.9 Å². The lowest BCUT2D eigenvalue weighted by atomic mass is 10.2. The van der Waals surface area contributed by atoms with E-state index in [9.17, 15) is 19.8 Å². The van der Waals surface area contributed by atoms with E-state index in [1.165, 1.54) is 6.08 Å². The van der Waals surface area contributed by atoms with Crippen LogP contribution in [0.3, 0.4) is 0 Å². The standard InChI is InChI=1S/C7H8O4/c1-2-3-5(7(10)11)4-6(8)9/h2,4H,1,3H2,(H,8,9)(H,10,11)/p-2/b5-4-. The summed E-state index contributed by atoms with van der Waals surface area (Å²) >= 11 is 0. The van der Waals surface area contributed by atoms with Crippen molar-refractivity contribution in [2.45, 2.75) is 6.42 Å². The predicted molar refractivity (Wildman–Crippen MR) is 32.9 cm³/mol. The van der Waals surface area contributed by atoms with Crippen molar-refractivity contribution in [3.05, 3.63) is 24.3 Å². The van der Waals surface area contributed by atoms with E-state index in [2.05, 4.69) is 6.58 Å². The van der Waals surface area contributed by atoms with Gasteiger partial charge in [-0.25, -0.2) is 0 Å². The van der Waals surface area contributed by atoms with E-state index < -0.39 is 11.9 Å². The van der Waals surface area contributed by atoms with E-state index in [-0.39, 0.29) is 12.0 Å². The number of hydrogen-bond acceptors (Lipinski definition) is 4. The highest BCUT2D eigenvalue weighted by Crippen LogP contribution is 1.98. The van der Waals surface area contributed by atoms with Crippen molar-refractivity contribution >= 4 is 11.9 Å². The summed E-state index contributed by atoms with van der Waals surface area (Å²) in [5.74, 6) is -3.07. The van der Waals surface area contributed by atoms with Crippen molar-refractivity contribution in [3.8, 4) is 0 Å². The molecule has 0 radical (unpaired) electrons. The maximum atomic E-state index is 10.1. The third kappa shape index (κ3) is 3.91. The van der Waals surface area contributed by atoms with Crippen molar-refractivity contribution < 1.29 is 19.8 Å². The molecule has 0 saturated heterocycles. The number of carboxylic acid groups (broad SMARTS) is 2. The highest BCUT2D eigenvalue weighted by molar-refractivity contribution is 5.92. The molecule has 0 atom stereocenters. The van der Waals surface area contributed by atoms with Crippen LogP contribution in [0.5, 0.6) is 0 Å². The van der Waals surface area contributed by atoms with Crippen LogP contribution in [0.25, 0.3) is 0 Å².